The molecular weight excluding hydrogens is 516 g/mol. The van der Waals surface area contributed by atoms with Crippen LogP contribution >= 0.6 is 11.3 Å². The molecule has 0 fully saturated rings. The summed E-state index contributed by atoms with van der Waals surface area (Å²) in [7, 11) is 2.69. The van der Waals surface area contributed by atoms with Gasteiger partial charge in [-0.15, -0.1) is 11.3 Å². The molecule has 0 aliphatic carbocycles. The minimum atomic E-state index is -1.71. The number of rotatable bonds is 15. The van der Waals surface area contributed by atoms with E-state index in [9.17, 15) is 29.4 Å². The lowest BCUT2D eigenvalue weighted by Crippen LogP contribution is -2.59. The van der Waals surface area contributed by atoms with Crippen LogP contribution in [0.4, 0.5) is 0 Å². The Balaban J connectivity index is 2.20. The average Bonchev–Trinajstić information content (AvgIpc) is 3.36. The van der Waals surface area contributed by atoms with Crippen LogP contribution in [0, 0.1) is 6.92 Å². The standard InChI is InChI=1S/C25H34N4O8S/c1-14(16-8-6-5-7-9-16)21(22(32)19(31)11-30)29-24(34)18(13-37-4)27-23(33)17(12-36-3)28-25(35)20-10-26-15(2)38-20/h5-10,14,17-19,21,30-31H,11-13H2,1-4H3,(H,27,33)(H,28,35)(H,29,34)/t14?,17-,18-,19+,21-/m0/s1. The van der Waals surface area contributed by atoms with Crippen molar-refractivity contribution in [2.24, 2.45) is 0 Å². The number of nitrogens with one attached hydrogen (secondary N) is 3. The third-order valence-corrected chi connectivity index (χ3v) is 6.61. The van der Waals surface area contributed by atoms with Gasteiger partial charge in [0.2, 0.25) is 11.8 Å². The van der Waals surface area contributed by atoms with E-state index in [0.29, 0.717) is 15.4 Å². The fourth-order valence-electron chi connectivity index (χ4n) is 3.61. The fraction of sp³-hybridized carbons (Fsp3) is 0.480. The van der Waals surface area contributed by atoms with Gasteiger partial charge in [-0.1, -0.05) is 37.3 Å². The molecule has 2 aromatic rings. The summed E-state index contributed by atoms with van der Waals surface area (Å²) >= 11 is 1.16. The van der Waals surface area contributed by atoms with Gasteiger partial charge in [-0.25, -0.2) is 4.98 Å². The van der Waals surface area contributed by atoms with Crippen LogP contribution in [0.1, 0.15) is 33.1 Å². The molecule has 0 aliphatic heterocycles. The van der Waals surface area contributed by atoms with Gasteiger partial charge < -0.3 is 35.6 Å². The normalized spacial score (nSPS) is 15.0. The molecule has 1 aromatic heterocycles. The Bertz CT molecular complexity index is 1080. The van der Waals surface area contributed by atoms with Crippen molar-refractivity contribution in [2.45, 2.75) is 44.0 Å². The largest absolute Gasteiger partial charge is 0.393 e. The smallest absolute Gasteiger partial charge is 0.263 e. The summed E-state index contributed by atoms with van der Waals surface area (Å²) in [5, 5.41) is 27.7. The number of carbonyl (C=O) groups excluding carboxylic acids is 4. The lowest BCUT2D eigenvalue weighted by atomic mass is 9.88. The van der Waals surface area contributed by atoms with Gasteiger partial charge in [0, 0.05) is 20.1 Å². The van der Waals surface area contributed by atoms with Gasteiger partial charge in [-0.3, -0.25) is 19.2 Å². The molecule has 12 nitrogen and oxygen atoms in total. The topological polar surface area (TPSA) is 176 Å². The number of Topliss-reactive ketones (excluding diaryl/α,β-unsaturated/α-hetero) is 1. The van der Waals surface area contributed by atoms with E-state index in [-0.39, 0.29) is 13.2 Å². The number of methoxy groups -OCH3 is 2. The molecule has 3 amide bonds. The quantitative estimate of drug-likeness (QED) is 0.196. The lowest BCUT2D eigenvalue weighted by molar-refractivity contribution is -0.137. The van der Waals surface area contributed by atoms with Crippen molar-refractivity contribution in [2.75, 3.05) is 34.0 Å². The monoisotopic (exact) mass is 550 g/mol. The number of hydrogen-bond donors (Lipinski definition) is 5. The van der Waals surface area contributed by atoms with Crippen molar-refractivity contribution in [3.05, 3.63) is 52.0 Å². The summed E-state index contributed by atoms with van der Waals surface area (Å²) < 4.78 is 10.2. The number of thiazole rings is 1. The number of carbonyl (C=O) groups is 4. The maximum Gasteiger partial charge on any atom is 0.263 e. The Hall–Kier alpha value is -3.23. The van der Waals surface area contributed by atoms with Gasteiger partial charge in [0.1, 0.15) is 23.1 Å². The van der Waals surface area contributed by atoms with Crippen LogP contribution in [0.3, 0.4) is 0 Å². The maximum absolute atomic E-state index is 13.2. The average molecular weight is 551 g/mol. The zero-order valence-electron chi connectivity index (χ0n) is 21.7. The van der Waals surface area contributed by atoms with E-state index in [2.05, 4.69) is 20.9 Å². The Morgan fingerprint density at radius 1 is 0.974 bits per heavy atom. The van der Waals surface area contributed by atoms with Crippen molar-refractivity contribution in [1.82, 2.24) is 20.9 Å². The second-order valence-electron chi connectivity index (χ2n) is 8.53. The van der Waals surface area contributed by atoms with Crippen molar-refractivity contribution in [3.8, 4) is 0 Å². The molecular formula is C25H34N4O8S. The molecule has 38 heavy (non-hydrogen) atoms. The van der Waals surface area contributed by atoms with E-state index >= 15 is 0 Å². The summed E-state index contributed by atoms with van der Waals surface area (Å²) in [5.74, 6) is -3.36. The van der Waals surface area contributed by atoms with Crippen LogP contribution in [0.5, 0.6) is 0 Å². The van der Waals surface area contributed by atoms with E-state index in [1.807, 2.05) is 0 Å². The molecule has 1 unspecified atom stereocenters. The van der Waals surface area contributed by atoms with Crippen molar-refractivity contribution in [3.63, 3.8) is 0 Å². The van der Waals surface area contributed by atoms with Gasteiger partial charge in [0.15, 0.2) is 5.78 Å². The predicted octanol–water partition coefficient (Wildman–Crippen LogP) is -0.462. The summed E-state index contributed by atoms with van der Waals surface area (Å²) in [6.45, 7) is 2.19. The maximum atomic E-state index is 13.2. The van der Waals surface area contributed by atoms with E-state index in [4.69, 9.17) is 9.47 Å². The second kappa shape index (κ2) is 15.2. The lowest BCUT2D eigenvalue weighted by Gasteiger charge is -2.28. The molecule has 0 aliphatic rings. The first-order valence-electron chi connectivity index (χ1n) is 11.8. The van der Waals surface area contributed by atoms with Crippen LogP contribution in [0.25, 0.3) is 0 Å². The number of ether oxygens (including phenoxy) is 2. The Morgan fingerprint density at radius 2 is 1.55 bits per heavy atom. The molecule has 5 atom stereocenters. The highest BCUT2D eigenvalue weighted by molar-refractivity contribution is 7.13. The third kappa shape index (κ3) is 8.67. The number of nitrogens with zero attached hydrogens (tertiary/aromatic N) is 1. The van der Waals surface area contributed by atoms with Crippen LogP contribution in [0.2, 0.25) is 0 Å². The van der Waals surface area contributed by atoms with Crippen LogP contribution in [-0.4, -0.2) is 97.0 Å². The predicted molar refractivity (Wildman–Crippen MR) is 139 cm³/mol. The highest BCUT2D eigenvalue weighted by Gasteiger charge is 2.35. The molecule has 0 bridgehead atoms. The van der Waals surface area contributed by atoms with Gasteiger partial charge >= 0.3 is 0 Å². The molecule has 0 spiro atoms. The summed E-state index contributed by atoms with van der Waals surface area (Å²) in [6.07, 6.45) is -0.317. The summed E-state index contributed by atoms with van der Waals surface area (Å²) in [6, 6.07) is 5.25. The summed E-state index contributed by atoms with van der Waals surface area (Å²) in [4.78, 5) is 56.0. The Labute approximate surface area is 224 Å². The van der Waals surface area contributed by atoms with E-state index in [0.717, 1.165) is 11.3 Å². The molecule has 2 rings (SSSR count). The SMILES string of the molecule is COC[C@H](NC(=O)c1cnc(C)s1)C(=O)N[C@@H](COC)C(=O)N[C@H](C(=O)[C@H](O)CO)C(C)c1ccccc1. The Kier molecular flexibility index (Phi) is 12.4. The number of hydrogen-bond acceptors (Lipinski definition) is 10. The van der Waals surface area contributed by atoms with Gasteiger partial charge in [0.05, 0.1) is 37.1 Å². The van der Waals surface area contributed by atoms with Gasteiger partial charge in [-0.05, 0) is 12.5 Å². The molecule has 208 valence electrons. The minimum Gasteiger partial charge on any atom is -0.393 e. The van der Waals surface area contributed by atoms with E-state index in [1.165, 1.54) is 20.4 Å². The number of aromatic nitrogens is 1. The first-order valence-corrected chi connectivity index (χ1v) is 12.6. The number of aliphatic hydroxyl groups is 2. The molecule has 13 heteroatoms. The fourth-order valence-corrected chi connectivity index (χ4v) is 4.29. The first kappa shape index (κ1) is 31.0. The zero-order chi connectivity index (χ0) is 28.2. The minimum absolute atomic E-state index is 0.175. The molecule has 1 heterocycles. The molecule has 0 radical (unpaired) electrons. The molecule has 5 N–H and O–H groups in total. The van der Waals surface area contributed by atoms with E-state index < -0.39 is 60.3 Å². The second-order valence-corrected chi connectivity index (χ2v) is 9.76. The first-order chi connectivity index (χ1) is 18.1. The Morgan fingerprint density at radius 3 is 2.08 bits per heavy atom. The highest BCUT2D eigenvalue weighted by Crippen LogP contribution is 2.21. The third-order valence-electron chi connectivity index (χ3n) is 5.70. The number of ketones is 1. The highest BCUT2D eigenvalue weighted by atomic mass is 32.1. The van der Waals surface area contributed by atoms with Crippen LogP contribution in [-0.2, 0) is 23.9 Å². The molecule has 0 saturated heterocycles. The number of benzene rings is 1. The molecule has 0 saturated carbocycles. The number of aliphatic hydroxyl groups excluding tert-OH is 2. The van der Waals surface area contributed by atoms with Crippen molar-refractivity contribution in [1.29, 1.82) is 0 Å². The number of amides is 3. The van der Waals surface area contributed by atoms with Crippen LogP contribution < -0.4 is 16.0 Å². The zero-order valence-corrected chi connectivity index (χ0v) is 22.5. The molecule has 1 aromatic carbocycles. The van der Waals surface area contributed by atoms with Crippen molar-refractivity contribution >= 4 is 34.8 Å². The van der Waals surface area contributed by atoms with Gasteiger partial charge in [0.25, 0.3) is 5.91 Å². The van der Waals surface area contributed by atoms with Crippen molar-refractivity contribution < 1.29 is 38.9 Å². The van der Waals surface area contributed by atoms with Crippen LogP contribution in [0.15, 0.2) is 36.5 Å². The van der Waals surface area contributed by atoms with E-state index in [1.54, 1.807) is 44.2 Å². The van der Waals surface area contributed by atoms with Gasteiger partial charge in [-0.2, -0.15) is 0 Å². The number of aryl methyl sites for hydroxylation is 1. The summed E-state index contributed by atoms with van der Waals surface area (Å²) in [5.41, 5.74) is 0.713.